The molecular weight excluding hydrogens is 260 g/mol. The van der Waals surface area contributed by atoms with E-state index in [9.17, 15) is 9.59 Å². The summed E-state index contributed by atoms with van der Waals surface area (Å²) in [5.74, 6) is 0.298. The molecule has 0 radical (unpaired) electrons. The van der Waals surface area contributed by atoms with Crippen molar-refractivity contribution in [2.24, 2.45) is 0 Å². The molecule has 2 fully saturated rings. The average molecular weight is 276 g/mol. The van der Waals surface area contributed by atoms with Crippen LogP contribution < -0.4 is 9.64 Å². The number of ether oxygens (including phenoxy) is 2. The minimum absolute atomic E-state index is 0.144. The van der Waals surface area contributed by atoms with Crippen LogP contribution in [0.15, 0.2) is 24.3 Å². The number of amides is 3. The van der Waals surface area contributed by atoms with Gasteiger partial charge >= 0.3 is 6.03 Å². The Bertz CT molecular complexity index is 546. The molecule has 0 aromatic heterocycles. The number of urea groups is 1. The zero-order valence-corrected chi connectivity index (χ0v) is 11.2. The fraction of sp³-hybridized carbons (Fsp3) is 0.429. The van der Waals surface area contributed by atoms with Crippen molar-refractivity contribution in [3.8, 4) is 5.75 Å². The molecule has 0 saturated carbocycles. The molecule has 1 aromatic rings. The molecule has 1 atom stereocenters. The number of rotatable bonds is 2. The standard InChI is InChI=1S/C14H16N2O4/c1-19-12-5-3-2-4-11(12)16-13(17)8-10-9-20-7-6-15(10)14(16)18/h2-5,10H,6-9H2,1H3. The SMILES string of the molecule is COc1ccccc1N1C(=O)CC2COCCN2C1=O. The summed E-state index contributed by atoms with van der Waals surface area (Å²) in [5, 5.41) is 0. The molecule has 1 unspecified atom stereocenters. The highest BCUT2D eigenvalue weighted by atomic mass is 16.5. The third-order valence-corrected chi connectivity index (χ3v) is 3.65. The number of nitrogens with zero attached hydrogens (tertiary/aromatic N) is 2. The molecule has 0 bridgehead atoms. The Balaban J connectivity index is 1.96. The topological polar surface area (TPSA) is 59.1 Å². The largest absolute Gasteiger partial charge is 0.495 e. The number of morpholine rings is 1. The maximum atomic E-state index is 12.6. The molecule has 2 aliphatic rings. The predicted octanol–water partition coefficient (Wildman–Crippen LogP) is 1.25. The third kappa shape index (κ3) is 2.02. The van der Waals surface area contributed by atoms with E-state index in [1.54, 1.807) is 29.2 Å². The summed E-state index contributed by atoms with van der Waals surface area (Å²) in [4.78, 5) is 27.8. The first-order chi connectivity index (χ1) is 9.72. The minimum Gasteiger partial charge on any atom is -0.495 e. The van der Waals surface area contributed by atoms with E-state index in [2.05, 4.69) is 0 Å². The van der Waals surface area contributed by atoms with Crippen LogP contribution >= 0.6 is 0 Å². The Morgan fingerprint density at radius 1 is 1.30 bits per heavy atom. The van der Waals surface area contributed by atoms with E-state index in [-0.39, 0.29) is 24.4 Å². The van der Waals surface area contributed by atoms with Gasteiger partial charge in [0.1, 0.15) is 5.75 Å². The highest BCUT2D eigenvalue weighted by Crippen LogP contribution is 2.32. The fourth-order valence-corrected chi connectivity index (χ4v) is 2.66. The summed E-state index contributed by atoms with van der Waals surface area (Å²) in [6.45, 7) is 1.45. The van der Waals surface area contributed by atoms with Crippen LogP contribution in [-0.2, 0) is 9.53 Å². The fourth-order valence-electron chi connectivity index (χ4n) is 2.66. The number of benzene rings is 1. The molecule has 6 nitrogen and oxygen atoms in total. The van der Waals surface area contributed by atoms with Crippen LogP contribution in [0, 0.1) is 0 Å². The zero-order chi connectivity index (χ0) is 14.1. The summed E-state index contributed by atoms with van der Waals surface area (Å²) in [6.07, 6.45) is 0.282. The Hall–Kier alpha value is -2.08. The molecule has 1 aromatic carbocycles. The van der Waals surface area contributed by atoms with Gasteiger partial charge in [-0.3, -0.25) is 4.79 Å². The first-order valence-electron chi connectivity index (χ1n) is 6.56. The highest BCUT2D eigenvalue weighted by Gasteiger charge is 2.41. The summed E-state index contributed by atoms with van der Waals surface area (Å²) >= 11 is 0. The lowest BCUT2D eigenvalue weighted by Crippen LogP contribution is -2.61. The van der Waals surface area contributed by atoms with Gasteiger partial charge in [-0.25, -0.2) is 9.69 Å². The number of hydrogen-bond donors (Lipinski definition) is 0. The number of carbonyl (C=O) groups excluding carboxylic acids is 2. The van der Waals surface area contributed by atoms with Crippen molar-refractivity contribution < 1.29 is 19.1 Å². The van der Waals surface area contributed by atoms with Crippen LogP contribution in [0.2, 0.25) is 0 Å². The summed E-state index contributed by atoms with van der Waals surface area (Å²) in [5.41, 5.74) is 0.495. The number of imide groups is 1. The van der Waals surface area contributed by atoms with Crippen LogP contribution in [0.1, 0.15) is 6.42 Å². The number of anilines is 1. The van der Waals surface area contributed by atoms with E-state index in [4.69, 9.17) is 9.47 Å². The normalized spacial score (nSPS) is 22.8. The maximum absolute atomic E-state index is 12.6. The first kappa shape index (κ1) is 12.9. The van der Waals surface area contributed by atoms with Crippen LogP contribution in [0.5, 0.6) is 5.75 Å². The number of fused-ring (bicyclic) bond motifs is 1. The van der Waals surface area contributed by atoms with Gasteiger partial charge in [-0.2, -0.15) is 0 Å². The molecular formula is C14H16N2O4. The minimum atomic E-state index is -0.293. The van der Waals surface area contributed by atoms with E-state index >= 15 is 0 Å². The van der Waals surface area contributed by atoms with Gasteiger partial charge in [0.15, 0.2) is 0 Å². The molecule has 0 N–H and O–H groups in total. The second-order valence-electron chi connectivity index (χ2n) is 4.81. The summed E-state index contributed by atoms with van der Waals surface area (Å²) < 4.78 is 10.6. The van der Waals surface area contributed by atoms with E-state index in [1.807, 2.05) is 0 Å². The zero-order valence-electron chi connectivity index (χ0n) is 11.2. The maximum Gasteiger partial charge on any atom is 0.331 e. The quantitative estimate of drug-likeness (QED) is 0.815. The van der Waals surface area contributed by atoms with Crippen molar-refractivity contribution in [2.45, 2.75) is 12.5 Å². The number of carbonyl (C=O) groups is 2. The van der Waals surface area contributed by atoms with Gasteiger partial charge in [0.25, 0.3) is 0 Å². The Kier molecular flexibility index (Phi) is 3.31. The van der Waals surface area contributed by atoms with Crippen molar-refractivity contribution in [1.29, 1.82) is 0 Å². The van der Waals surface area contributed by atoms with Crippen molar-refractivity contribution in [1.82, 2.24) is 4.90 Å². The molecule has 2 heterocycles. The van der Waals surface area contributed by atoms with E-state index < -0.39 is 0 Å². The second-order valence-corrected chi connectivity index (χ2v) is 4.81. The lowest BCUT2D eigenvalue weighted by molar-refractivity contribution is -0.122. The predicted molar refractivity (Wildman–Crippen MR) is 71.8 cm³/mol. The van der Waals surface area contributed by atoms with Crippen LogP contribution in [-0.4, -0.2) is 49.7 Å². The van der Waals surface area contributed by atoms with Crippen molar-refractivity contribution in [3.63, 3.8) is 0 Å². The van der Waals surface area contributed by atoms with E-state index in [1.165, 1.54) is 12.0 Å². The monoisotopic (exact) mass is 276 g/mol. The van der Waals surface area contributed by atoms with Gasteiger partial charge in [-0.05, 0) is 12.1 Å². The van der Waals surface area contributed by atoms with Crippen LogP contribution in [0.25, 0.3) is 0 Å². The van der Waals surface area contributed by atoms with Gasteiger partial charge in [-0.15, -0.1) is 0 Å². The lowest BCUT2D eigenvalue weighted by Gasteiger charge is -2.42. The van der Waals surface area contributed by atoms with Gasteiger partial charge in [-0.1, -0.05) is 12.1 Å². The molecule has 2 saturated heterocycles. The van der Waals surface area contributed by atoms with Crippen molar-refractivity contribution >= 4 is 17.6 Å². The smallest absolute Gasteiger partial charge is 0.331 e. The number of hydrogen-bond acceptors (Lipinski definition) is 4. The van der Waals surface area contributed by atoms with E-state index in [0.29, 0.717) is 31.2 Å². The highest BCUT2D eigenvalue weighted by molar-refractivity contribution is 6.16. The second kappa shape index (κ2) is 5.13. The van der Waals surface area contributed by atoms with Gasteiger partial charge < -0.3 is 14.4 Å². The van der Waals surface area contributed by atoms with Gasteiger partial charge in [0.2, 0.25) is 5.91 Å². The van der Waals surface area contributed by atoms with Gasteiger partial charge in [0.05, 0.1) is 38.5 Å². The van der Waals surface area contributed by atoms with Crippen LogP contribution in [0.3, 0.4) is 0 Å². The summed E-state index contributed by atoms with van der Waals surface area (Å²) in [6, 6.07) is 6.60. The molecule has 20 heavy (non-hydrogen) atoms. The Morgan fingerprint density at radius 3 is 2.90 bits per heavy atom. The van der Waals surface area contributed by atoms with Crippen molar-refractivity contribution in [2.75, 3.05) is 31.8 Å². The average Bonchev–Trinajstić information content (AvgIpc) is 2.48. The molecule has 3 amide bonds. The molecule has 106 valence electrons. The van der Waals surface area contributed by atoms with Crippen LogP contribution in [0.4, 0.5) is 10.5 Å². The summed E-state index contributed by atoms with van der Waals surface area (Å²) in [7, 11) is 1.52. The Labute approximate surface area is 116 Å². The van der Waals surface area contributed by atoms with E-state index in [0.717, 1.165) is 0 Å². The Morgan fingerprint density at radius 2 is 2.10 bits per heavy atom. The molecule has 2 aliphatic heterocycles. The lowest BCUT2D eigenvalue weighted by atomic mass is 10.1. The number of para-hydroxylation sites is 2. The molecule has 6 heteroatoms. The number of methoxy groups -OCH3 is 1. The van der Waals surface area contributed by atoms with Crippen molar-refractivity contribution in [3.05, 3.63) is 24.3 Å². The van der Waals surface area contributed by atoms with Gasteiger partial charge in [0, 0.05) is 6.54 Å². The molecule has 0 aliphatic carbocycles. The molecule has 3 rings (SSSR count). The molecule has 0 spiro atoms. The first-order valence-corrected chi connectivity index (χ1v) is 6.56. The third-order valence-electron chi connectivity index (χ3n) is 3.65.